The van der Waals surface area contributed by atoms with Gasteiger partial charge in [0.05, 0.1) is 5.69 Å². The van der Waals surface area contributed by atoms with E-state index in [0.29, 0.717) is 4.90 Å². The van der Waals surface area contributed by atoms with Crippen molar-refractivity contribution < 1.29 is 8.42 Å². The summed E-state index contributed by atoms with van der Waals surface area (Å²) in [7, 11) is -3.50. The minimum Gasteiger partial charge on any atom is -0.330 e. The Balaban J connectivity index is 1.99. The number of para-hydroxylation sites is 1. The highest BCUT2D eigenvalue weighted by Gasteiger charge is 2.43. The summed E-state index contributed by atoms with van der Waals surface area (Å²) >= 11 is 3.53. The molecule has 1 aliphatic carbocycles. The maximum absolute atomic E-state index is 11.8. The molecule has 6 heteroatoms. The quantitative estimate of drug-likeness (QED) is 0.800. The molecule has 1 heterocycles. The lowest BCUT2D eigenvalue weighted by molar-refractivity contribution is 0.587. The summed E-state index contributed by atoms with van der Waals surface area (Å²) in [6.45, 7) is 0.814. The lowest BCUT2D eigenvalue weighted by Gasteiger charge is -2.28. The van der Waals surface area contributed by atoms with Gasteiger partial charge in [0.15, 0.2) is 0 Å². The average molecular weight is 329 g/mol. The Kier molecular flexibility index (Phi) is 2.75. The van der Waals surface area contributed by atoms with Gasteiger partial charge in [0, 0.05) is 11.9 Å². The SMILES string of the molecule is O=S1(=O)N=CN(CC2(CBr)CC2)c2ccccc21. The maximum atomic E-state index is 11.8. The van der Waals surface area contributed by atoms with Crippen LogP contribution in [-0.4, -0.2) is 26.6 Å². The van der Waals surface area contributed by atoms with Gasteiger partial charge < -0.3 is 4.90 Å². The second kappa shape index (κ2) is 4.06. The van der Waals surface area contributed by atoms with E-state index in [0.717, 1.165) is 17.6 Å². The number of hydrogen-bond donors (Lipinski definition) is 0. The molecule has 1 fully saturated rings. The number of hydrogen-bond acceptors (Lipinski definition) is 3. The highest BCUT2D eigenvalue weighted by atomic mass is 79.9. The summed E-state index contributed by atoms with van der Waals surface area (Å²) in [6, 6.07) is 7.03. The van der Waals surface area contributed by atoms with Gasteiger partial charge in [-0.25, -0.2) is 0 Å². The van der Waals surface area contributed by atoms with E-state index in [1.807, 2.05) is 17.0 Å². The van der Waals surface area contributed by atoms with Crippen LogP contribution in [0.5, 0.6) is 0 Å². The highest BCUT2D eigenvalue weighted by Crippen LogP contribution is 2.48. The smallest absolute Gasteiger partial charge is 0.285 e. The second-order valence-corrected chi connectivity index (χ2v) is 7.09. The van der Waals surface area contributed by atoms with E-state index in [1.54, 1.807) is 12.1 Å². The normalized spacial score (nSPS) is 22.6. The first-order chi connectivity index (χ1) is 8.56. The van der Waals surface area contributed by atoms with E-state index in [9.17, 15) is 8.42 Å². The van der Waals surface area contributed by atoms with Crippen molar-refractivity contribution in [2.24, 2.45) is 9.81 Å². The van der Waals surface area contributed by atoms with Gasteiger partial charge in [-0.15, -0.1) is 4.40 Å². The molecule has 0 saturated heterocycles. The minimum atomic E-state index is -3.50. The standard InChI is InChI=1S/C12H13BrN2O2S/c13-7-12(5-6-12)8-15-9-14-18(16,17)11-4-2-1-3-10(11)15/h1-4,9H,5-8H2. The third-order valence-corrected chi connectivity index (χ3v) is 5.99. The van der Waals surface area contributed by atoms with Crippen LogP contribution in [0.3, 0.4) is 0 Å². The van der Waals surface area contributed by atoms with Gasteiger partial charge in [-0.05, 0) is 30.4 Å². The van der Waals surface area contributed by atoms with E-state index in [2.05, 4.69) is 20.3 Å². The van der Waals surface area contributed by atoms with Crippen LogP contribution in [-0.2, 0) is 10.0 Å². The number of fused-ring (bicyclic) bond motifs is 1. The van der Waals surface area contributed by atoms with E-state index >= 15 is 0 Å². The molecule has 0 unspecified atom stereocenters. The molecule has 0 N–H and O–H groups in total. The van der Waals surface area contributed by atoms with Crippen molar-refractivity contribution in [2.75, 3.05) is 16.8 Å². The van der Waals surface area contributed by atoms with Crippen LogP contribution in [0.4, 0.5) is 5.69 Å². The first-order valence-electron chi connectivity index (χ1n) is 5.79. The molecule has 1 aliphatic heterocycles. The van der Waals surface area contributed by atoms with Crippen LogP contribution in [0.15, 0.2) is 33.6 Å². The average Bonchev–Trinajstić information content (AvgIpc) is 3.14. The van der Waals surface area contributed by atoms with E-state index in [1.165, 1.54) is 19.2 Å². The zero-order valence-corrected chi connectivity index (χ0v) is 12.1. The summed E-state index contributed by atoms with van der Waals surface area (Å²) in [5.74, 6) is 0. The van der Waals surface area contributed by atoms with Crippen molar-refractivity contribution in [3.8, 4) is 0 Å². The fourth-order valence-corrected chi connectivity index (χ4v) is 3.94. The molecule has 1 aromatic rings. The van der Waals surface area contributed by atoms with E-state index < -0.39 is 10.0 Å². The molecule has 1 aromatic carbocycles. The highest BCUT2D eigenvalue weighted by molar-refractivity contribution is 9.09. The van der Waals surface area contributed by atoms with E-state index in [4.69, 9.17) is 0 Å². The number of halogens is 1. The Morgan fingerprint density at radius 3 is 2.72 bits per heavy atom. The Morgan fingerprint density at radius 2 is 2.06 bits per heavy atom. The molecule has 0 spiro atoms. The number of rotatable bonds is 3. The number of alkyl halides is 1. The summed E-state index contributed by atoms with van der Waals surface area (Å²) in [6.07, 6.45) is 3.80. The Labute approximate surface area is 115 Å². The van der Waals surface area contributed by atoms with Crippen molar-refractivity contribution in [1.82, 2.24) is 0 Å². The topological polar surface area (TPSA) is 49.7 Å². The molecule has 0 aromatic heterocycles. The predicted octanol–water partition coefficient (Wildman–Crippen LogP) is 2.40. The number of anilines is 1. The van der Waals surface area contributed by atoms with Crippen LogP contribution in [0.25, 0.3) is 0 Å². The molecule has 0 bridgehead atoms. The molecule has 4 nitrogen and oxygen atoms in total. The monoisotopic (exact) mass is 328 g/mol. The predicted molar refractivity (Wildman–Crippen MR) is 74.9 cm³/mol. The zero-order chi connectivity index (χ0) is 12.8. The Bertz CT molecular complexity index is 608. The van der Waals surface area contributed by atoms with Gasteiger partial charge in [-0.3, -0.25) is 0 Å². The number of sulfonamides is 1. The van der Waals surface area contributed by atoms with Crippen molar-refractivity contribution in [1.29, 1.82) is 0 Å². The third kappa shape index (κ3) is 1.97. The van der Waals surface area contributed by atoms with Crippen molar-refractivity contribution in [2.45, 2.75) is 17.7 Å². The van der Waals surface area contributed by atoms with Gasteiger partial charge in [-0.1, -0.05) is 28.1 Å². The fraction of sp³-hybridized carbons (Fsp3) is 0.417. The van der Waals surface area contributed by atoms with Gasteiger partial charge in [-0.2, -0.15) is 8.42 Å². The molecule has 2 aliphatic rings. The molecule has 96 valence electrons. The lowest BCUT2D eigenvalue weighted by atomic mass is 10.1. The second-order valence-electron chi connectivity index (χ2n) is 4.93. The first-order valence-corrected chi connectivity index (χ1v) is 8.35. The third-order valence-electron chi connectivity index (χ3n) is 3.52. The maximum Gasteiger partial charge on any atom is 0.285 e. The van der Waals surface area contributed by atoms with Crippen LogP contribution < -0.4 is 4.90 Å². The summed E-state index contributed by atoms with van der Waals surface area (Å²) in [5, 5.41) is 0.944. The minimum absolute atomic E-state index is 0.278. The van der Waals surface area contributed by atoms with Crippen molar-refractivity contribution >= 4 is 38.0 Å². The van der Waals surface area contributed by atoms with Gasteiger partial charge in [0.2, 0.25) is 0 Å². The number of nitrogens with zero attached hydrogens (tertiary/aromatic N) is 2. The first kappa shape index (κ1) is 12.2. The Morgan fingerprint density at radius 1 is 1.33 bits per heavy atom. The lowest BCUT2D eigenvalue weighted by Crippen LogP contribution is -2.33. The molecule has 0 amide bonds. The molecule has 3 rings (SSSR count). The summed E-state index contributed by atoms with van der Waals surface area (Å²) in [4.78, 5) is 2.25. The van der Waals surface area contributed by atoms with Crippen molar-refractivity contribution in [3.05, 3.63) is 24.3 Å². The van der Waals surface area contributed by atoms with Crippen LogP contribution in [0.2, 0.25) is 0 Å². The molecule has 0 radical (unpaired) electrons. The van der Waals surface area contributed by atoms with Crippen LogP contribution >= 0.6 is 15.9 Å². The van der Waals surface area contributed by atoms with Crippen LogP contribution in [0.1, 0.15) is 12.8 Å². The fourth-order valence-electron chi connectivity index (χ4n) is 2.15. The van der Waals surface area contributed by atoms with Gasteiger partial charge in [0.1, 0.15) is 11.2 Å². The van der Waals surface area contributed by atoms with Crippen molar-refractivity contribution in [3.63, 3.8) is 0 Å². The van der Waals surface area contributed by atoms with E-state index in [-0.39, 0.29) is 5.41 Å². The molecule has 18 heavy (non-hydrogen) atoms. The molecular weight excluding hydrogens is 316 g/mol. The molecule has 1 saturated carbocycles. The molecular formula is C12H13BrN2O2S. The molecule has 0 atom stereocenters. The Hall–Kier alpha value is -0.880. The van der Waals surface area contributed by atoms with Gasteiger partial charge in [0.25, 0.3) is 10.0 Å². The largest absolute Gasteiger partial charge is 0.330 e. The number of benzene rings is 1. The summed E-state index contributed by atoms with van der Waals surface area (Å²) < 4.78 is 27.4. The zero-order valence-electron chi connectivity index (χ0n) is 9.71. The van der Waals surface area contributed by atoms with Gasteiger partial charge >= 0.3 is 0 Å². The summed E-state index contributed by atoms with van der Waals surface area (Å²) in [5.41, 5.74) is 1.01. The van der Waals surface area contributed by atoms with Crippen LogP contribution in [0, 0.1) is 5.41 Å².